The summed E-state index contributed by atoms with van der Waals surface area (Å²) in [6.45, 7) is 4.11. The highest BCUT2D eigenvalue weighted by atomic mass is 16.5. The minimum Gasteiger partial charge on any atom is -0.497 e. The van der Waals surface area contributed by atoms with Crippen molar-refractivity contribution >= 4 is 0 Å². The van der Waals surface area contributed by atoms with Crippen LogP contribution in [0.2, 0.25) is 0 Å². The van der Waals surface area contributed by atoms with Crippen LogP contribution in [0.1, 0.15) is 31.9 Å². The van der Waals surface area contributed by atoms with Gasteiger partial charge >= 0.3 is 0 Å². The van der Waals surface area contributed by atoms with Crippen LogP contribution in [0.15, 0.2) is 18.2 Å². The zero-order valence-electron chi connectivity index (χ0n) is 10.6. The van der Waals surface area contributed by atoms with Gasteiger partial charge in [-0.05, 0) is 19.9 Å². The van der Waals surface area contributed by atoms with E-state index < -0.39 is 0 Å². The van der Waals surface area contributed by atoms with Crippen molar-refractivity contribution in [2.75, 3.05) is 13.7 Å². The van der Waals surface area contributed by atoms with Gasteiger partial charge in [0.2, 0.25) is 0 Å². The second-order valence-corrected chi connectivity index (χ2v) is 4.18. The quantitative estimate of drug-likeness (QED) is 0.795. The van der Waals surface area contributed by atoms with Crippen LogP contribution in [0.25, 0.3) is 0 Å². The van der Waals surface area contributed by atoms with E-state index in [0.29, 0.717) is 13.0 Å². The lowest BCUT2D eigenvalue weighted by Crippen LogP contribution is -2.11. The number of hydrogen-bond donors (Lipinski definition) is 2. The molecule has 3 N–H and O–H groups in total. The number of aliphatic hydroxyl groups is 1. The van der Waals surface area contributed by atoms with Crippen LogP contribution in [0.5, 0.6) is 11.5 Å². The van der Waals surface area contributed by atoms with Crippen molar-refractivity contribution in [1.82, 2.24) is 0 Å². The Balaban J connectivity index is 2.78. The summed E-state index contributed by atoms with van der Waals surface area (Å²) < 4.78 is 10.8. The molecule has 0 fully saturated rings. The van der Waals surface area contributed by atoms with Gasteiger partial charge < -0.3 is 20.3 Å². The molecule has 96 valence electrons. The van der Waals surface area contributed by atoms with Crippen LogP contribution in [-0.4, -0.2) is 24.9 Å². The third kappa shape index (κ3) is 4.24. The summed E-state index contributed by atoms with van der Waals surface area (Å²) in [5.74, 6) is 1.46. The number of aliphatic hydroxyl groups excluding tert-OH is 1. The summed E-state index contributed by atoms with van der Waals surface area (Å²) in [7, 11) is 1.61. The molecule has 1 unspecified atom stereocenters. The molecule has 0 saturated heterocycles. The molecule has 0 radical (unpaired) electrons. The van der Waals surface area contributed by atoms with Gasteiger partial charge in [-0.3, -0.25) is 0 Å². The Kier molecular flexibility index (Phi) is 5.25. The molecule has 0 aliphatic carbocycles. The highest BCUT2D eigenvalue weighted by Crippen LogP contribution is 2.28. The van der Waals surface area contributed by atoms with Crippen LogP contribution in [0, 0.1) is 0 Å². The Morgan fingerprint density at radius 2 is 2.06 bits per heavy atom. The molecule has 4 nitrogen and oxygen atoms in total. The number of hydrogen-bond acceptors (Lipinski definition) is 4. The number of methoxy groups -OCH3 is 1. The van der Waals surface area contributed by atoms with Gasteiger partial charge in [0.25, 0.3) is 0 Å². The van der Waals surface area contributed by atoms with Gasteiger partial charge in [0.1, 0.15) is 11.5 Å². The molecule has 2 atom stereocenters. The lowest BCUT2D eigenvalue weighted by molar-refractivity contribution is 0.155. The first kappa shape index (κ1) is 13.8. The normalized spacial score (nSPS) is 14.2. The second-order valence-electron chi connectivity index (χ2n) is 4.18. The van der Waals surface area contributed by atoms with E-state index in [-0.39, 0.29) is 12.1 Å². The maximum absolute atomic E-state index is 9.18. The molecule has 0 aromatic heterocycles. The van der Waals surface area contributed by atoms with Crippen molar-refractivity contribution in [2.45, 2.75) is 32.4 Å². The van der Waals surface area contributed by atoms with Gasteiger partial charge in [-0.15, -0.1) is 0 Å². The van der Waals surface area contributed by atoms with E-state index in [9.17, 15) is 5.11 Å². The molecule has 0 heterocycles. The maximum atomic E-state index is 9.18. The zero-order chi connectivity index (χ0) is 12.8. The molecular formula is C13H21NO3. The molecule has 1 rings (SSSR count). The lowest BCUT2D eigenvalue weighted by Gasteiger charge is -2.15. The van der Waals surface area contributed by atoms with Crippen molar-refractivity contribution in [2.24, 2.45) is 5.73 Å². The van der Waals surface area contributed by atoms with Gasteiger partial charge in [0.15, 0.2) is 0 Å². The van der Waals surface area contributed by atoms with Gasteiger partial charge in [-0.2, -0.15) is 0 Å². The van der Waals surface area contributed by atoms with Crippen molar-refractivity contribution in [3.8, 4) is 11.5 Å². The number of rotatable bonds is 6. The average Bonchev–Trinajstić information content (AvgIpc) is 2.28. The van der Waals surface area contributed by atoms with Crippen LogP contribution in [-0.2, 0) is 0 Å². The van der Waals surface area contributed by atoms with Gasteiger partial charge in [0, 0.05) is 24.1 Å². The first-order valence-corrected chi connectivity index (χ1v) is 5.79. The summed E-state index contributed by atoms with van der Waals surface area (Å²) in [5.41, 5.74) is 6.81. The summed E-state index contributed by atoms with van der Waals surface area (Å²) in [6, 6.07) is 5.49. The minimum atomic E-state index is -0.362. The highest BCUT2D eigenvalue weighted by molar-refractivity contribution is 5.42. The Bertz CT molecular complexity index is 351. The standard InChI is InChI=1S/C13H21NO3/c1-9(15)6-7-17-13-8-11(16-3)4-5-12(13)10(2)14/h4-5,8-10,15H,6-7,14H2,1-3H3/t9?,10-/m0/s1. The summed E-state index contributed by atoms with van der Waals surface area (Å²) in [4.78, 5) is 0. The third-order valence-electron chi connectivity index (χ3n) is 2.50. The van der Waals surface area contributed by atoms with Crippen LogP contribution < -0.4 is 15.2 Å². The van der Waals surface area contributed by atoms with E-state index in [1.54, 1.807) is 14.0 Å². The summed E-state index contributed by atoms with van der Waals surface area (Å²) in [5, 5.41) is 9.18. The van der Waals surface area contributed by atoms with Gasteiger partial charge in [-0.25, -0.2) is 0 Å². The fourth-order valence-electron chi connectivity index (χ4n) is 1.48. The van der Waals surface area contributed by atoms with Crippen molar-refractivity contribution < 1.29 is 14.6 Å². The Morgan fingerprint density at radius 3 is 2.59 bits per heavy atom. The smallest absolute Gasteiger partial charge is 0.127 e. The molecular weight excluding hydrogens is 218 g/mol. The molecule has 0 bridgehead atoms. The summed E-state index contributed by atoms with van der Waals surface area (Å²) >= 11 is 0. The van der Waals surface area contributed by atoms with E-state index in [4.69, 9.17) is 15.2 Å². The van der Waals surface area contributed by atoms with E-state index in [1.165, 1.54) is 0 Å². The fraction of sp³-hybridized carbons (Fsp3) is 0.538. The van der Waals surface area contributed by atoms with Gasteiger partial charge in [-0.1, -0.05) is 6.07 Å². The lowest BCUT2D eigenvalue weighted by atomic mass is 10.1. The van der Waals surface area contributed by atoms with E-state index >= 15 is 0 Å². The molecule has 0 saturated carbocycles. The van der Waals surface area contributed by atoms with E-state index in [1.807, 2.05) is 25.1 Å². The zero-order valence-corrected chi connectivity index (χ0v) is 10.6. The third-order valence-corrected chi connectivity index (χ3v) is 2.50. The molecule has 0 spiro atoms. The van der Waals surface area contributed by atoms with E-state index in [2.05, 4.69) is 0 Å². The maximum Gasteiger partial charge on any atom is 0.127 e. The van der Waals surface area contributed by atoms with Crippen molar-refractivity contribution in [1.29, 1.82) is 0 Å². The predicted molar refractivity (Wildman–Crippen MR) is 67.4 cm³/mol. The summed E-state index contributed by atoms with van der Waals surface area (Å²) in [6.07, 6.45) is 0.231. The van der Waals surface area contributed by atoms with E-state index in [0.717, 1.165) is 17.1 Å². The Hall–Kier alpha value is -1.26. The molecule has 1 aromatic rings. The first-order chi connectivity index (χ1) is 8.04. The number of nitrogens with two attached hydrogens (primary N) is 1. The number of benzene rings is 1. The minimum absolute atomic E-state index is 0.0949. The van der Waals surface area contributed by atoms with Crippen LogP contribution in [0.4, 0.5) is 0 Å². The number of ether oxygens (including phenoxy) is 2. The van der Waals surface area contributed by atoms with Crippen molar-refractivity contribution in [3.05, 3.63) is 23.8 Å². The average molecular weight is 239 g/mol. The largest absolute Gasteiger partial charge is 0.497 e. The second kappa shape index (κ2) is 6.47. The highest BCUT2D eigenvalue weighted by Gasteiger charge is 2.10. The predicted octanol–water partition coefficient (Wildman–Crippen LogP) is 1.86. The van der Waals surface area contributed by atoms with Crippen LogP contribution in [0.3, 0.4) is 0 Å². The van der Waals surface area contributed by atoms with Crippen molar-refractivity contribution in [3.63, 3.8) is 0 Å². The Labute approximate surface area is 102 Å². The molecule has 0 aliphatic heterocycles. The van der Waals surface area contributed by atoms with Crippen LogP contribution >= 0.6 is 0 Å². The van der Waals surface area contributed by atoms with Gasteiger partial charge in [0.05, 0.1) is 19.8 Å². The molecule has 1 aromatic carbocycles. The molecule has 4 heteroatoms. The molecule has 0 amide bonds. The topological polar surface area (TPSA) is 64.7 Å². The first-order valence-electron chi connectivity index (χ1n) is 5.79. The Morgan fingerprint density at radius 1 is 1.35 bits per heavy atom. The fourth-order valence-corrected chi connectivity index (χ4v) is 1.48. The monoisotopic (exact) mass is 239 g/mol. The molecule has 17 heavy (non-hydrogen) atoms. The molecule has 0 aliphatic rings. The SMILES string of the molecule is COc1ccc([C@H](C)N)c(OCCC(C)O)c1.